The van der Waals surface area contributed by atoms with E-state index in [0.717, 1.165) is 30.0 Å². The first-order valence-electron chi connectivity index (χ1n) is 10.3. The van der Waals surface area contributed by atoms with Crippen LogP contribution < -0.4 is 15.0 Å². The summed E-state index contributed by atoms with van der Waals surface area (Å²) in [4.78, 5) is 26.6. The molecule has 1 aliphatic rings. The molecule has 3 aromatic rings. The van der Waals surface area contributed by atoms with Crippen LogP contribution in [0.25, 0.3) is 0 Å². The Bertz CT molecular complexity index is 1280. The largest absolute Gasteiger partial charge is 0.482 e. The Morgan fingerprint density at radius 3 is 2.74 bits per heavy atom. The molecular formula is C22H19ClF3N5O3S. The number of thioether (sulfide) groups is 1. The molecule has 1 N–H and O–H groups in total. The molecule has 0 bridgehead atoms. The van der Waals surface area contributed by atoms with Crippen molar-refractivity contribution in [2.24, 2.45) is 7.05 Å². The lowest BCUT2D eigenvalue weighted by atomic mass is 10.1. The molecule has 2 heterocycles. The lowest BCUT2D eigenvalue weighted by Gasteiger charge is -2.33. The molecule has 1 unspecified atom stereocenters. The molecule has 4 rings (SSSR count). The predicted molar refractivity (Wildman–Crippen MR) is 125 cm³/mol. The maximum Gasteiger partial charge on any atom is 0.416 e. The number of benzene rings is 2. The third-order valence-corrected chi connectivity index (χ3v) is 6.62. The van der Waals surface area contributed by atoms with Gasteiger partial charge in [0, 0.05) is 7.05 Å². The van der Waals surface area contributed by atoms with Gasteiger partial charge in [0.15, 0.2) is 17.6 Å². The summed E-state index contributed by atoms with van der Waals surface area (Å²) in [7, 11) is 1.70. The number of carbonyl (C=O) groups excluding carboxylic acids is 2. The van der Waals surface area contributed by atoms with Crippen LogP contribution >= 0.6 is 23.4 Å². The molecular weight excluding hydrogens is 507 g/mol. The van der Waals surface area contributed by atoms with Gasteiger partial charge in [0.2, 0.25) is 5.91 Å². The van der Waals surface area contributed by atoms with Crippen molar-refractivity contribution < 1.29 is 27.5 Å². The van der Waals surface area contributed by atoms with Crippen LogP contribution in [0.4, 0.5) is 24.5 Å². The fourth-order valence-corrected chi connectivity index (χ4v) is 4.47. The molecule has 8 nitrogen and oxygen atoms in total. The van der Waals surface area contributed by atoms with Crippen molar-refractivity contribution in [1.82, 2.24) is 14.8 Å². The summed E-state index contributed by atoms with van der Waals surface area (Å²) in [6.07, 6.45) is -4.56. The zero-order valence-electron chi connectivity index (χ0n) is 18.5. The van der Waals surface area contributed by atoms with Gasteiger partial charge in [0.05, 0.1) is 33.8 Å². The second-order valence-electron chi connectivity index (χ2n) is 7.63. The molecule has 0 saturated heterocycles. The number of ether oxygens (including phenoxy) is 1. The Morgan fingerprint density at radius 2 is 2.00 bits per heavy atom. The average molecular weight is 526 g/mol. The number of anilines is 2. The van der Waals surface area contributed by atoms with Gasteiger partial charge in [-0.2, -0.15) is 13.2 Å². The number of para-hydroxylation sites is 2. The first-order valence-corrected chi connectivity index (χ1v) is 11.6. The number of amides is 2. The molecule has 2 amide bonds. The fourth-order valence-electron chi connectivity index (χ4n) is 3.59. The van der Waals surface area contributed by atoms with E-state index in [1.54, 1.807) is 41.6 Å². The van der Waals surface area contributed by atoms with Crippen LogP contribution in [0.2, 0.25) is 5.02 Å². The Kier molecular flexibility index (Phi) is 6.95. The van der Waals surface area contributed by atoms with E-state index in [0.29, 0.717) is 22.4 Å². The van der Waals surface area contributed by atoms with Crippen molar-refractivity contribution >= 4 is 46.6 Å². The van der Waals surface area contributed by atoms with E-state index in [4.69, 9.17) is 16.3 Å². The van der Waals surface area contributed by atoms with Gasteiger partial charge >= 0.3 is 6.18 Å². The van der Waals surface area contributed by atoms with Crippen LogP contribution in [0, 0.1) is 0 Å². The van der Waals surface area contributed by atoms with Gasteiger partial charge in [-0.3, -0.25) is 14.5 Å². The SMILES string of the molecule is CC(c1nnc(SCC(=O)Nc2cc(C(F)(F)F)ccc2Cl)n1C)N1C(=O)COc2ccccc21. The summed E-state index contributed by atoms with van der Waals surface area (Å²) in [6, 6.07) is 9.38. The van der Waals surface area contributed by atoms with Crippen LogP contribution in [0.1, 0.15) is 24.4 Å². The highest BCUT2D eigenvalue weighted by atomic mass is 35.5. The highest BCUT2D eigenvalue weighted by Gasteiger charge is 2.33. The fraction of sp³-hybridized carbons (Fsp3) is 0.273. The topological polar surface area (TPSA) is 89.4 Å². The molecule has 1 aromatic heterocycles. The van der Waals surface area contributed by atoms with Crippen molar-refractivity contribution in [1.29, 1.82) is 0 Å². The van der Waals surface area contributed by atoms with Crippen LogP contribution in [0.15, 0.2) is 47.6 Å². The van der Waals surface area contributed by atoms with Crippen molar-refractivity contribution in [3.63, 3.8) is 0 Å². The first kappa shape index (κ1) is 24.9. The van der Waals surface area contributed by atoms with Gasteiger partial charge < -0.3 is 14.6 Å². The predicted octanol–water partition coefficient (Wildman–Crippen LogP) is 4.70. The van der Waals surface area contributed by atoms with E-state index < -0.39 is 23.7 Å². The Labute approximate surface area is 207 Å². The zero-order valence-corrected chi connectivity index (χ0v) is 20.0. The molecule has 0 spiro atoms. The molecule has 184 valence electrons. The maximum absolute atomic E-state index is 12.9. The van der Waals surface area contributed by atoms with E-state index in [1.165, 1.54) is 0 Å². The quantitative estimate of drug-likeness (QED) is 0.469. The molecule has 0 aliphatic carbocycles. The maximum atomic E-state index is 12.9. The Morgan fingerprint density at radius 1 is 1.26 bits per heavy atom. The number of aromatic nitrogens is 3. The number of fused-ring (bicyclic) bond motifs is 1. The number of carbonyl (C=O) groups is 2. The number of alkyl halides is 3. The molecule has 13 heteroatoms. The number of halogens is 4. The lowest BCUT2D eigenvalue weighted by molar-refractivity contribution is -0.137. The first-order chi connectivity index (χ1) is 16.6. The van der Waals surface area contributed by atoms with E-state index in [2.05, 4.69) is 15.5 Å². The summed E-state index contributed by atoms with van der Waals surface area (Å²) in [6.45, 7) is 1.71. The van der Waals surface area contributed by atoms with Crippen LogP contribution in [-0.4, -0.2) is 38.9 Å². The summed E-state index contributed by atoms with van der Waals surface area (Å²) < 4.78 is 46.0. The molecule has 0 radical (unpaired) electrons. The number of rotatable bonds is 6. The van der Waals surface area contributed by atoms with Crippen molar-refractivity contribution in [2.75, 3.05) is 22.6 Å². The second-order valence-corrected chi connectivity index (χ2v) is 8.97. The highest BCUT2D eigenvalue weighted by molar-refractivity contribution is 7.99. The van der Waals surface area contributed by atoms with Crippen molar-refractivity contribution in [3.05, 3.63) is 58.9 Å². The van der Waals surface area contributed by atoms with Crippen LogP contribution in [0.5, 0.6) is 5.75 Å². The van der Waals surface area contributed by atoms with Crippen molar-refractivity contribution in [3.8, 4) is 5.75 Å². The third kappa shape index (κ3) is 5.22. The van der Waals surface area contributed by atoms with Gasteiger partial charge in [0.1, 0.15) is 5.75 Å². The minimum Gasteiger partial charge on any atom is -0.482 e. The monoisotopic (exact) mass is 525 g/mol. The summed E-state index contributed by atoms with van der Waals surface area (Å²) >= 11 is 6.98. The minimum absolute atomic E-state index is 0.0124. The number of hydrogen-bond acceptors (Lipinski definition) is 6. The molecule has 0 saturated carbocycles. The van der Waals surface area contributed by atoms with Gasteiger partial charge in [0.25, 0.3) is 5.91 Å². The second kappa shape index (κ2) is 9.78. The zero-order chi connectivity index (χ0) is 25.3. The minimum atomic E-state index is -4.56. The van der Waals surface area contributed by atoms with E-state index in [9.17, 15) is 22.8 Å². The number of nitrogens with one attached hydrogen (secondary N) is 1. The van der Waals surface area contributed by atoms with Gasteiger partial charge in [-0.15, -0.1) is 10.2 Å². The van der Waals surface area contributed by atoms with Gasteiger partial charge in [-0.1, -0.05) is 35.5 Å². The molecule has 2 aromatic carbocycles. The Balaban J connectivity index is 1.45. The normalized spacial score (nSPS) is 14.3. The van der Waals surface area contributed by atoms with Gasteiger partial charge in [-0.25, -0.2) is 0 Å². The number of hydrogen-bond donors (Lipinski definition) is 1. The van der Waals surface area contributed by atoms with Crippen LogP contribution in [-0.2, 0) is 22.8 Å². The van der Waals surface area contributed by atoms with Crippen molar-refractivity contribution in [2.45, 2.75) is 24.3 Å². The lowest BCUT2D eigenvalue weighted by Crippen LogP contribution is -2.41. The third-order valence-electron chi connectivity index (χ3n) is 5.27. The van der Waals surface area contributed by atoms with Gasteiger partial charge in [-0.05, 0) is 37.3 Å². The molecule has 1 aliphatic heterocycles. The van der Waals surface area contributed by atoms with E-state index in [1.807, 2.05) is 6.07 Å². The Hall–Kier alpha value is -3.25. The van der Waals surface area contributed by atoms with E-state index >= 15 is 0 Å². The summed E-state index contributed by atoms with van der Waals surface area (Å²) in [5, 5.41) is 11.1. The highest BCUT2D eigenvalue weighted by Crippen LogP contribution is 2.37. The van der Waals surface area contributed by atoms with E-state index in [-0.39, 0.29) is 29.0 Å². The summed E-state index contributed by atoms with van der Waals surface area (Å²) in [5.74, 6) is 0.128. The summed E-state index contributed by atoms with van der Waals surface area (Å²) in [5.41, 5.74) is -0.439. The number of nitrogens with zero attached hydrogens (tertiary/aromatic N) is 4. The smallest absolute Gasteiger partial charge is 0.416 e. The molecule has 1 atom stereocenters. The molecule has 35 heavy (non-hydrogen) atoms. The standard InChI is InChI=1S/C22H19ClF3N5O3S/c1-12(31-16-5-3-4-6-17(16)34-10-19(31)33)20-28-29-21(30(20)2)35-11-18(32)27-15-9-13(22(24,25)26)7-8-14(15)23/h3-9,12H,10-11H2,1-2H3,(H,27,32). The van der Waals surface area contributed by atoms with Crippen LogP contribution in [0.3, 0.4) is 0 Å². The molecule has 0 fully saturated rings. The average Bonchev–Trinajstić information content (AvgIpc) is 3.18.